The van der Waals surface area contributed by atoms with Crippen molar-refractivity contribution in [3.05, 3.63) is 29.8 Å². The summed E-state index contributed by atoms with van der Waals surface area (Å²) in [7, 11) is 1.70. The van der Waals surface area contributed by atoms with Crippen molar-refractivity contribution < 1.29 is 4.74 Å². The van der Waals surface area contributed by atoms with Gasteiger partial charge in [0.05, 0.1) is 7.11 Å². The van der Waals surface area contributed by atoms with E-state index >= 15 is 0 Å². The van der Waals surface area contributed by atoms with Gasteiger partial charge >= 0.3 is 0 Å². The average Bonchev–Trinajstić information content (AvgIpc) is 2.49. The van der Waals surface area contributed by atoms with Gasteiger partial charge in [0.1, 0.15) is 5.75 Å². The van der Waals surface area contributed by atoms with Crippen LogP contribution in [0.25, 0.3) is 0 Å². The molecule has 0 radical (unpaired) electrons. The maximum absolute atomic E-state index is 6.36. The molecule has 1 saturated heterocycles. The lowest BCUT2D eigenvalue weighted by Gasteiger charge is -2.35. The van der Waals surface area contributed by atoms with Crippen LogP contribution in [0.15, 0.2) is 24.3 Å². The number of methoxy groups -OCH3 is 1. The molecule has 4 nitrogen and oxygen atoms in total. The van der Waals surface area contributed by atoms with Gasteiger partial charge in [0.25, 0.3) is 0 Å². The van der Waals surface area contributed by atoms with Crippen molar-refractivity contribution in [3.8, 4) is 5.75 Å². The Labute approximate surface area is 122 Å². The molecule has 4 heteroatoms. The van der Waals surface area contributed by atoms with Crippen LogP contribution in [-0.2, 0) is 0 Å². The predicted octanol–water partition coefficient (Wildman–Crippen LogP) is 1.72. The van der Waals surface area contributed by atoms with Gasteiger partial charge < -0.3 is 15.4 Å². The highest BCUT2D eigenvalue weighted by molar-refractivity contribution is 5.35. The maximum Gasteiger partial charge on any atom is 0.123 e. The number of piperazine rings is 1. The number of para-hydroxylation sites is 1. The van der Waals surface area contributed by atoms with Gasteiger partial charge in [0.15, 0.2) is 0 Å². The molecule has 1 unspecified atom stereocenters. The summed E-state index contributed by atoms with van der Waals surface area (Å²) in [6, 6.07) is 8.07. The highest BCUT2D eigenvalue weighted by Gasteiger charge is 2.20. The van der Waals surface area contributed by atoms with Crippen LogP contribution in [0.1, 0.15) is 24.9 Å². The summed E-state index contributed by atoms with van der Waals surface area (Å²) in [5.74, 6) is 0.893. The normalized spacial score (nSPS) is 18.9. The minimum Gasteiger partial charge on any atom is -0.496 e. The molecule has 20 heavy (non-hydrogen) atoms. The molecule has 0 aromatic heterocycles. The molecule has 1 aromatic carbocycles. The third kappa shape index (κ3) is 3.95. The average molecular weight is 277 g/mol. The van der Waals surface area contributed by atoms with E-state index in [9.17, 15) is 0 Å². The Morgan fingerprint density at radius 3 is 2.45 bits per heavy atom. The van der Waals surface area contributed by atoms with Crippen LogP contribution in [0.5, 0.6) is 5.75 Å². The number of ether oxygens (including phenoxy) is 1. The van der Waals surface area contributed by atoms with E-state index in [1.54, 1.807) is 7.11 Å². The van der Waals surface area contributed by atoms with Crippen LogP contribution >= 0.6 is 0 Å². The molecule has 0 aliphatic carbocycles. The second-order valence-electron chi connectivity index (χ2n) is 5.49. The largest absolute Gasteiger partial charge is 0.496 e. The third-order valence-corrected chi connectivity index (χ3v) is 4.00. The minimum atomic E-state index is 0.0175. The lowest BCUT2D eigenvalue weighted by Crippen LogP contribution is -2.48. The predicted molar refractivity (Wildman–Crippen MR) is 83.1 cm³/mol. The van der Waals surface area contributed by atoms with Gasteiger partial charge in [-0.3, -0.25) is 4.90 Å². The molecule has 1 atom stereocenters. The van der Waals surface area contributed by atoms with Crippen molar-refractivity contribution in [2.75, 3.05) is 46.4 Å². The molecule has 1 aromatic rings. The van der Waals surface area contributed by atoms with E-state index in [1.807, 2.05) is 18.2 Å². The second kappa shape index (κ2) is 7.62. The van der Waals surface area contributed by atoms with Crippen LogP contribution < -0.4 is 10.5 Å². The second-order valence-corrected chi connectivity index (χ2v) is 5.49. The molecule has 0 bridgehead atoms. The summed E-state index contributed by atoms with van der Waals surface area (Å²) < 4.78 is 5.40. The van der Waals surface area contributed by atoms with E-state index in [1.165, 1.54) is 13.0 Å². The number of nitrogens with zero attached hydrogens (tertiary/aromatic N) is 2. The van der Waals surface area contributed by atoms with E-state index in [0.29, 0.717) is 0 Å². The molecule has 1 aliphatic rings. The zero-order chi connectivity index (χ0) is 14.4. The Kier molecular flexibility index (Phi) is 5.83. The number of hydrogen-bond acceptors (Lipinski definition) is 4. The van der Waals surface area contributed by atoms with E-state index < -0.39 is 0 Å². The molecular weight excluding hydrogens is 250 g/mol. The van der Waals surface area contributed by atoms with Gasteiger partial charge in [-0.25, -0.2) is 0 Å². The van der Waals surface area contributed by atoms with Crippen LogP contribution in [0.2, 0.25) is 0 Å². The van der Waals surface area contributed by atoms with Gasteiger partial charge in [-0.15, -0.1) is 0 Å². The Bertz CT molecular complexity index is 402. The summed E-state index contributed by atoms with van der Waals surface area (Å²) in [4.78, 5) is 4.99. The molecule has 112 valence electrons. The van der Waals surface area contributed by atoms with E-state index in [2.05, 4.69) is 22.8 Å². The Balaban J connectivity index is 1.87. The summed E-state index contributed by atoms with van der Waals surface area (Å²) in [6.45, 7) is 8.90. The summed E-state index contributed by atoms with van der Waals surface area (Å²) in [5.41, 5.74) is 7.46. The molecule has 1 fully saturated rings. The van der Waals surface area contributed by atoms with Gasteiger partial charge in [0.2, 0.25) is 0 Å². The highest BCUT2D eigenvalue weighted by Crippen LogP contribution is 2.24. The summed E-state index contributed by atoms with van der Waals surface area (Å²) in [6.07, 6.45) is 1.24. The summed E-state index contributed by atoms with van der Waals surface area (Å²) >= 11 is 0. The Hall–Kier alpha value is -1.10. The van der Waals surface area contributed by atoms with Crippen LogP contribution in [0.3, 0.4) is 0 Å². The first-order valence-corrected chi connectivity index (χ1v) is 7.57. The minimum absolute atomic E-state index is 0.0175. The zero-order valence-corrected chi connectivity index (χ0v) is 12.7. The van der Waals surface area contributed by atoms with Crippen molar-refractivity contribution in [3.63, 3.8) is 0 Å². The molecular formula is C16H27N3O. The standard InChI is InChI=1S/C16H27N3O/c1-3-8-18-9-11-19(12-10-18)13-15(17)14-6-4-5-7-16(14)20-2/h4-7,15H,3,8-13,17H2,1-2H3. The van der Waals surface area contributed by atoms with Gasteiger partial charge in [-0.2, -0.15) is 0 Å². The third-order valence-electron chi connectivity index (χ3n) is 4.00. The molecule has 0 amide bonds. The van der Waals surface area contributed by atoms with Crippen molar-refractivity contribution >= 4 is 0 Å². The number of rotatable bonds is 6. The molecule has 0 spiro atoms. The van der Waals surface area contributed by atoms with Gasteiger partial charge in [-0.1, -0.05) is 25.1 Å². The van der Waals surface area contributed by atoms with Crippen LogP contribution in [0.4, 0.5) is 0 Å². The monoisotopic (exact) mass is 277 g/mol. The van der Waals surface area contributed by atoms with Crippen molar-refractivity contribution in [2.24, 2.45) is 5.73 Å². The topological polar surface area (TPSA) is 41.7 Å². The van der Waals surface area contributed by atoms with Crippen molar-refractivity contribution in [1.82, 2.24) is 9.80 Å². The van der Waals surface area contributed by atoms with Crippen LogP contribution in [-0.4, -0.2) is 56.2 Å². The quantitative estimate of drug-likeness (QED) is 0.860. The smallest absolute Gasteiger partial charge is 0.123 e. The molecule has 1 heterocycles. The molecule has 2 rings (SSSR count). The SMILES string of the molecule is CCCN1CCN(CC(N)c2ccccc2OC)CC1. The van der Waals surface area contributed by atoms with Crippen LogP contribution in [0, 0.1) is 0 Å². The zero-order valence-electron chi connectivity index (χ0n) is 12.7. The number of nitrogens with two attached hydrogens (primary N) is 1. The fourth-order valence-electron chi connectivity index (χ4n) is 2.86. The van der Waals surface area contributed by atoms with Gasteiger partial charge in [-0.05, 0) is 19.0 Å². The van der Waals surface area contributed by atoms with E-state index in [4.69, 9.17) is 10.5 Å². The first kappa shape index (κ1) is 15.3. The van der Waals surface area contributed by atoms with Gasteiger partial charge in [0, 0.05) is 44.3 Å². The lowest BCUT2D eigenvalue weighted by atomic mass is 10.1. The first-order chi connectivity index (χ1) is 9.74. The Morgan fingerprint density at radius 2 is 1.80 bits per heavy atom. The maximum atomic E-state index is 6.36. The number of benzene rings is 1. The number of hydrogen-bond donors (Lipinski definition) is 1. The first-order valence-electron chi connectivity index (χ1n) is 7.57. The lowest BCUT2D eigenvalue weighted by molar-refractivity contribution is 0.127. The molecule has 0 saturated carbocycles. The Morgan fingerprint density at radius 1 is 1.15 bits per heavy atom. The fraction of sp³-hybridized carbons (Fsp3) is 0.625. The van der Waals surface area contributed by atoms with E-state index in [0.717, 1.165) is 44.0 Å². The summed E-state index contributed by atoms with van der Waals surface area (Å²) in [5, 5.41) is 0. The molecule has 2 N–H and O–H groups in total. The molecule has 1 aliphatic heterocycles. The highest BCUT2D eigenvalue weighted by atomic mass is 16.5. The van der Waals surface area contributed by atoms with E-state index in [-0.39, 0.29) is 6.04 Å². The fourth-order valence-corrected chi connectivity index (χ4v) is 2.86. The van der Waals surface area contributed by atoms with Crippen molar-refractivity contribution in [1.29, 1.82) is 0 Å². The van der Waals surface area contributed by atoms with Crippen molar-refractivity contribution in [2.45, 2.75) is 19.4 Å².